The van der Waals surface area contributed by atoms with Gasteiger partial charge in [0, 0.05) is 20.2 Å². The predicted octanol–water partition coefficient (Wildman–Crippen LogP) is 3.02. The number of hydrogen-bond donors (Lipinski definition) is 0. The Kier molecular flexibility index (Phi) is 3.18. The zero-order valence-electron chi connectivity index (χ0n) is 9.99. The highest BCUT2D eigenvalue weighted by molar-refractivity contribution is 5.66. The van der Waals surface area contributed by atoms with Crippen molar-refractivity contribution in [2.45, 2.75) is 0 Å². The quantitative estimate of drug-likeness (QED) is 0.614. The largest absolute Gasteiger partial charge is 0.441 e. The van der Waals surface area contributed by atoms with E-state index < -0.39 is 4.92 Å². The summed E-state index contributed by atoms with van der Waals surface area (Å²) in [7, 11) is 3.75. The third-order valence-electron chi connectivity index (χ3n) is 2.26. The van der Waals surface area contributed by atoms with Gasteiger partial charge in [0.25, 0.3) is 0 Å². The van der Waals surface area contributed by atoms with E-state index in [1.165, 1.54) is 12.1 Å². The number of hydrogen-bond acceptors (Lipinski definition) is 5. The fourth-order valence-corrected chi connectivity index (χ4v) is 1.37. The van der Waals surface area contributed by atoms with Crippen LogP contribution in [0.4, 0.5) is 11.8 Å². The van der Waals surface area contributed by atoms with Crippen molar-refractivity contribution in [1.29, 1.82) is 0 Å². The molecule has 0 fully saturated rings. The first-order valence-corrected chi connectivity index (χ1v) is 5.26. The number of furan rings is 2. The van der Waals surface area contributed by atoms with E-state index in [1.54, 1.807) is 12.2 Å². The Bertz CT molecular complexity index is 580. The van der Waals surface area contributed by atoms with Crippen molar-refractivity contribution in [3.63, 3.8) is 0 Å². The summed E-state index contributed by atoms with van der Waals surface area (Å²) < 4.78 is 10.5. The molecule has 2 heterocycles. The maximum atomic E-state index is 10.4. The van der Waals surface area contributed by atoms with E-state index >= 15 is 0 Å². The van der Waals surface area contributed by atoms with Crippen LogP contribution in [0.15, 0.2) is 33.1 Å². The van der Waals surface area contributed by atoms with Crippen molar-refractivity contribution >= 4 is 23.9 Å². The number of rotatable bonds is 4. The zero-order chi connectivity index (χ0) is 13.1. The van der Waals surface area contributed by atoms with Crippen LogP contribution in [-0.2, 0) is 0 Å². The molecule has 0 aliphatic heterocycles. The van der Waals surface area contributed by atoms with Crippen LogP contribution in [0.1, 0.15) is 11.5 Å². The molecule has 0 spiro atoms. The monoisotopic (exact) mass is 248 g/mol. The van der Waals surface area contributed by atoms with Crippen molar-refractivity contribution in [3.8, 4) is 0 Å². The van der Waals surface area contributed by atoms with Gasteiger partial charge in [0.1, 0.15) is 16.4 Å². The fourth-order valence-electron chi connectivity index (χ4n) is 1.37. The first-order chi connectivity index (χ1) is 8.56. The molecule has 18 heavy (non-hydrogen) atoms. The van der Waals surface area contributed by atoms with Gasteiger partial charge >= 0.3 is 5.88 Å². The summed E-state index contributed by atoms with van der Waals surface area (Å²) in [5.41, 5.74) is 0. The van der Waals surface area contributed by atoms with Crippen molar-refractivity contribution in [3.05, 3.63) is 45.9 Å². The van der Waals surface area contributed by atoms with Crippen molar-refractivity contribution < 1.29 is 13.8 Å². The van der Waals surface area contributed by atoms with Gasteiger partial charge in [-0.25, -0.2) is 0 Å². The molecule has 0 aliphatic carbocycles. The van der Waals surface area contributed by atoms with Gasteiger partial charge in [-0.05, 0) is 24.3 Å². The molecule has 0 bridgehead atoms. The molecule has 0 saturated heterocycles. The maximum Gasteiger partial charge on any atom is 0.433 e. The average molecular weight is 248 g/mol. The van der Waals surface area contributed by atoms with Crippen LogP contribution in [0.3, 0.4) is 0 Å². The molecule has 0 aromatic carbocycles. The van der Waals surface area contributed by atoms with Gasteiger partial charge in [-0.2, -0.15) is 0 Å². The third-order valence-corrected chi connectivity index (χ3v) is 2.26. The minimum Gasteiger partial charge on any atom is -0.441 e. The summed E-state index contributed by atoms with van der Waals surface area (Å²) in [6, 6.07) is 6.49. The van der Waals surface area contributed by atoms with Gasteiger partial charge in [0.2, 0.25) is 0 Å². The summed E-state index contributed by atoms with van der Waals surface area (Å²) >= 11 is 0. The second kappa shape index (κ2) is 4.79. The molecule has 0 aliphatic rings. The standard InChI is InChI=1S/C12H12N2O4/c1-13(2)11-7-5-9(17-11)3-4-10-6-8-12(18-10)14(15)16/h3-8H,1-2H3/b4-3+. The SMILES string of the molecule is CN(C)c1ccc(/C=C/c2ccc([N+](=O)[O-])o2)o1. The lowest BCUT2D eigenvalue weighted by molar-refractivity contribution is -0.402. The summed E-state index contributed by atoms with van der Waals surface area (Å²) in [4.78, 5) is 11.7. The summed E-state index contributed by atoms with van der Waals surface area (Å²) in [6.45, 7) is 0. The molecule has 0 atom stereocenters. The van der Waals surface area contributed by atoms with Crippen LogP contribution in [-0.4, -0.2) is 19.0 Å². The second-order valence-corrected chi connectivity index (χ2v) is 3.84. The Morgan fingerprint density at radius 3 is 2.22 bits per heavy atom. The van der Waals surface area contributed by atoms with Crippen molar-refractivity contribution in [2.24, 2.45) is 0 Å². The smallest absolute Gasteiger partial charge is 0.433 e. The molecule has 0 radical (unpaired) electrons. The van der Waals surface area contributed by atoms with E-state index in [4.69, 9.17) is 8.83 Å². The molecule has 6 nitrogen and oxygen atoms in total. The minimum atomic E-state index is -0.575. The first kappa shape index (κ1) is 12.0. The Morgan fingerprint density at radius 2 is 1.72 bits per heavy atom. The van der Waals surface area contributed by atoms with E-state index in [0.717, 1.165) is 5.88 Å². The molecule has 6 heteroatoms. The molecule has 2 aromatic rings. The van der Waals surface area contributed by atoms with Gasteiger partial charge in [0.05, 0.1) is 6.07 Å². The lowest BCUT2D eigenvalue weighted by Crippen LogP contribution is -2.06. The maximum absolute atomic E-state index is 10.4. The second-order valence-electron chi connectivity index (χ2n) is 3.84. The lowest BCUT2D eigenvalue weighted by atomic mass is 10.3. The molecule has 2 rings (SSSR count). The van der Waals surface area contributed by atoms with Crippen LogP contribution in [0.2, 0.25) is 0 Å². The molecular formula is C12H12N2O4. The van der Waals surface area contributed by atoms with Gasteiger partial charge in [-0.15, -0.1) is 0 Å². The van der Waals surface area contributed by atoms with E-state index in [9.17, 15) is 10.1 Å². The number of nitrogens with zero attached hydrogens (tertiary/aromatic N) is 2. The van der Waals surface area contributed by atoms with Gasteiger partial charge < -0.3 is 13.7 Å². The predicted molar refractivity (Wildman–Crippen MR) is 67.3 cm³/mol. The van der Waals surface area contributed by atoms with Crippen LogP contribution in [0, 0.1) is 10.1 Å². The first-order valence-electron chi connectivity index (χ1n) is 5.26. The lowest BCUT2D eigenvalue weighted by Gasteiger charge is -2.05. The van der Waals surface area contributed by atoms with E-state index in [-0.39, 0.29) is 5.88 Å². The van der Waals surface area contributed by atoms with Crippen LogP contribution < -0.4 is 4.90 Å². The number of anilines is 1. The topological polar surface area (TPSA) is 72.7 Å². The van der Waals surface area contributed by atoms with Crippen LogP contribution in [0.25, 0.3) is 12.2 Å². The third kappa shape index (κ3) is 2.60. The summed E-state index contributed by atoms with van der Waals surface area (Å²) in [5, 5.41) is 10.4. The fraction of sp³-hybridized carbons (Fsp3) is 0.167. The van der Waals surface area contributed by atoms with Gasteiger partial charge in [-0.1, -0.05) is 0 Å². The normalized spacial score (nSPS) is 11.0. The van der Waals surface area contributed by atoms with Gasteiger partial charge in [0.15, 0.2) is 5.88 Å². The Balaban J connectivity index is 2.11. The molecule has 0 unspecified atom stereocenters. The Morgan fingerprint density at radius 1 is 1.11 bits per heavy atom. The Hall–Kier alpha value is -2.50. The van der Waals surface area contributed by atoms with Crippen molar-refractivity contribution in [2.75, 3.05) is 19.0 Å². The Labute approximate surface area is 103 Å². The van der Waals surface area contributed by atoms with E-state index in [2.05, 4.69) is 0 Å². The highest BCUT2D eigenvalue weighted by Crippen LogP contribution is 2.20. The highest BCUT2D eigenvalue weighted by atomic mass is 16.6. The molecule has 0 saturated carbocycles. The molecular weight excluding hydrogens is 236 g/mol. The van der Waals surface area contributed by atoms with Gasteiger partial charge in [-0.3, -0.25) is 10.1 Å². The number of nitro groups is 1. The van der Waals surface area contributed by atoms with Crippen molar-refractivity contribution in [1.82, 2.24) is 0 Å². The summed E-state index contributed by atoms with van der Waals surface area (Å²) in [5.74, 6) is 1.52. The summed E-state index contributed by atoms with van der Waals surface area (Å²) in [6.07, 6.45) is 3.31. The average Bonchev–Trinajstić information content (AvgIpc) is 2.95. The van der Waals surface area contributed by atoms with Crippen LogP contribution in [0.5, 0.6) is 0 Å². The zero-order valence-corrected chi connectivity index (χ0v) is 9.99. The highest BCUT2D eigenvalue weighted by Gasteiger charge is 2.09. The van der Waals surface area contributed by atoms with Crippen LogP contribution >= 0.6 is 0 Å². The van der Waals surface area contributed by atoms with E-state index in [0.29, 0.717) is 11.5 Å². The minimum absolute atomic E-state index is 0.275. The molecule has 2 aromatic heterocycles. The molecule has 94 valence electrons. The van der Waals surface area contributed by atoms with E-state index in [1.807, 2.05) is 31.1 Å². The molecule has 0 N–H and O–H groups in total. The molecule has 0 amide bonds.